The number of aromatic nitrogens is 2. The van der Waals surface area contributed by atoms with Crippen LogP contribution in [0.3, 0.4) is 0 Å². The minimum atomic E-state index is -5.22. The molecular formula is C38H33F8N5O4. The molecule has 55 heavy (non-hydrogen) atoms. The smallest absolute Gasteiger partial charge is 0.417 e. The van der Waals surface area contributed by atoms with Gasteiger partial charge in [0.05, 0.1) is 34.1 Å². The maximum atomic E-state index is 13.6. The normalized spacial score (nSPS) is 14.0. The number of alkyl halides is 8. The number of hydrogen-bond donors (Lipinski definition) is 1. The zero-order valence-corrected chi connectivity index (χ0v) is 29.1. The van der Waals surface area contributed by atoms with Crippen LogP contribution < -0.4 is 14.8 Å². The Balaban J connectivity index is 1.05. The van der Waals surface area contributed by atoms with Crippen molar-refractivity contribution in [2.24, 2.45) is 7.05 Å². The minimum absolute atomic E-state index is 0.0311. The Labute approximate surface area is 309 Å². The summed E-state index contributed by atoms with van der Waals surface area (Å²) >= 11 is 0. The van der Waals surface area contributed by atoms with Gasteiger partial charge >= 0.3 is 12.4 Å². The second-order valence-corrected chi connectivity index (χ2v) is 12.8. The Morgan fingerprint density at radius 3 is 2.13 bits per heavy atom. The highest BCUT2D eigenvalue weighted by Gasteiger charge is 2.39. The molecular weight excluding hydrogens is 742 g/mol. The number of piperazine rings is 1. The van der Waals surface area contributed by atoms with Crippen LogP contribution in [-0.4, -0.2) is 76.8 Å². The first kappa shape index (κ1) is 39.0. The SMILES string of the molecule is Cn1c(C(=O)N2CCN(Cc3ccc(OC(CF)CF)cc3)CC2)cc2ccc(Oc3ccc(NC(=O)c4ccc(C(F)(F)F)cc4C(F)(F)F)cn3)cc21. The number of pyridine rings is 1. The number of nitrogens with zero attached hydrogens (tertiary/aromatic N) is 4. The van der Waals surface area contributed by atoms with Crippen LogP contribution in [0.2, 0.25) is 0 Å². The van der Waals surface area contributed by atoms with Gasteiger partial charge in [-0.2, -0.15) is 26.3 Å². The van der Waals surface area contributed by atoms with Crippen molar-refractivity contribution in [2.75, 3.05) is 44.8 Å². The van der Waals surface area contributed by atoms with E-state index in [4.69, 9.17) is 9.47 Å². The molecule has 290 valence electrons. The number of hydrogen-bond acceptors (Lipinski definition) is 6. The van der Waals surface area contributed by atoms with E-state index in [0.717, 1.165) is 17.1 Å². The van der Waals surface area contributed by atoms with E-state index < -0.39 is 54.4 Å². The second-order valence-electron chi connectivity index (χ2n) is 12.8. The molecule has 0 aliphatic carbocycles. The molecule has 1 aliphatic heterocycles. The highest BCUT2D eigenvalue weighted by molar-refractivity contribution is 6.05. The van der Waals surface area contributed by atoms with E-state index in [9.17, 15) is 44.7 Å². The third kappa shape index (κ3) is 9.16. The number of amides is 2. The standard InChI is InChI=1S/C38H33F8N5O4/c1-49-32-18-28(55-34-11-6-26(21-47-34)48-35(52)30-10-5-25(37(41,42)43)17-31(30)38(44,45)46)9-4-24(32)16-33(49)36(53)51-14-12-50(13-15-51)22-23-2-7-27(8-3-23)54-29(19-39)20-40/h2-11,16-18,21,29H,12-15,19-20,22H2,1H3,(H,48,52). The zero-order valence-electron chi connectivity index (χ0n) is 29.1. The number of rotatable bonds is 11. The third-order valence-electron chi connectivity index (χ3n) is 8.99. The molecule has 0 bridgehead atoms. The van der Waals surface area contributed by atoms with Crippen molar-refractivity contribution in [3.63, 3.8) is 0 Å². The second kappa shape index (κ2) is 15.9. The Kier molecular flexibility index (Phi) is 11.3. The van der Waals surface area contributed by atoms with E-state index in [0.29, 0.717) is 67.6 Å². The monoisotopic (exact) mass is 775 g/mol. The molecule has 1 N–H and O–H groups in total. The van der Waals surface area contributed by atoms with Crippen molar-refractivity contribution in [2.45, 2.75) is 25.0 Å². The first-order valence-corrected chi connectivity index (χ1v) is 16.8. The first-order valence-electron chi connectivity index (χ1n) is 16.8. The molecule has 0 saturated carbocycles. The molecule has 1 aliphatic rings. The number of aryl methyl sites for hydroxylation is 1. The molecule has 0 atom stereocenters. The number of benzene rings is 3. The van der Waals surface area contributed by atoms with Gasteiger partial charge in [-0.3, -0.25) is 14.5 Å². The van der Waals surface area contributed by atoms with Gasteiger partial charge in [0.25, 0.3) is 11.8 Å². The fourth-order valence-corrected chi connectivity index (χ4v) is 6.06. The molecule has 0 unspecified atom stereocenters. The number of fused-ring (bicyclic) bond motifs is 1. The Bertz CT molecular complexity index is 2140. The molecule has 17 heteroatoms. The zero-order chi connectivity index (χ0) is 39.5. The number of halogens is 8. The van der Waals surface area contributed by atoms with Crippen LogP contribution in [0.15, 0.2) is 85.1 Å². The molecule has 2 aromatic heterocycles. The molecule has 3 aromatic carbocycles. The molecule has 2 amide bonds. The van der Waals surface area contributed by atoms with E-state index in [2.05, 4.69) is 15.2 Å². The summed E-state index contributed by atoms with van der Waals surface area (Å²) in [7, 11) is 1.75. The van der Waals surface area contributed by atoms with Gasteiger partial charge in [0.2, 0.25) is 5.88 Å². The molecule has 0 spiro atoms. The maximum Gasteiger partial charge on any atom is 0.417 e. The van der Waals surface area contributed by atoms with Crippen LogP contribution >= 0.6 is 0 Å². The van der Waals surface area contributed by atoms with Crippen molar-refractivity contribution in [3.8, 4) is 17.4 Å². The number of carbonyl (C=O) groups is 2. The van der Waals surface area contributed by atoms with Gasteiger partial charge in [0.1, 0.15) is 30.5 Å². The Morgan fingerprint density at radius 2 is 1.51 bits per heavy atom. The van der Waals surface area contributed by atoms with E-state index >= 15 is 0 Å². The Morgan fingerprint density at radius 1 is 0.818 bits per heavy atom. The van der Waals surface area contributed by atoms with Crippen LogP contribution in [0.1, 0.15) is 37.5 Å². The number of ether oxygens (including phenoxy) is 2. The molecule has 1 saturated heterocycles. The lowest BCUT2D eigenvalue weighted by Gasteiger charge is -2.34. The van der Waals surface area contributed by atoms with Crippen molar-refractivity contribution in [3.05, 3.63) is 113 Å². The number of anilines is 1. The van der Waals surface area contributed by atoms with E-state index in [1.165, 1.54) is 12.1 Å². The predicted octanol–water partition coefficient (Wildman–Crippen LogP) is 8.30. The fraction of sp³-hybridized carbons (Fsp3) is 0.289. The lowest BCUT2D eigenvalue weighted by molar-refractivity contribution is -0.143. The predicted molar refractivity (Wildman–Crippen MR) is 186 cm³/mol. The van der Waals surface area contributed by atoms with Crippen LogP contribution in [-0.2, 0) is 25.9 Å². The highest BCUT2D eigenvalue weighted by Crippen LogP contribution is 2.38. The quantitative estimate of drug-likeness (QED) is 0.136. The van der Waals surface area contributed by atoms with Crippen LogP contribution in [0, 0.1) is 0 Å². The summed E-state index contributed by atoms with van der Waals surface area (Å²) in [6.45, 7) is 1.07. The fourth-order valence-electron chi connectivity index (χ4n) is 6.06. The third-order valence-corrected chi connectivity index (χ3v) is 8.99. The molecule has 0 radical (unpaired) electrons. The van der Waals surface area contributed by atoms with Gasteiger partial charge < -0.3 is 24.3 Å². The van der Waals surface area contributed by atoms with Crippen LogP contribution in [0.25, 0.3) is 10.9 Å². The van der Waals surface area contributed by atoms with Gasteiger partial charge in [-0.15, -0.1) is 0 Å². The van der Waals surface area contributed by atoms with Gasteiger partial charge in [-0.25, -0.2) is 13.8 Å². The average Bonchev–Trinajstić information content (AvgIpc) is 3.49. The number of carbonyl (C=O) groups excluding carboxylic acids is 2. The summed E-state index contributed by atoms with van der Waals surface area (Å²) in [4.78, 5) is 34.3. The van der Waals surface area contributed by atoms with Crippen molar-refractivity contribution < 1.29 is 54.2 Å². The van der Waals surface area contributed by atoms with Crippen LogP contribution in [0.5, 0.6) is 17.4 Å². The average molecular weight is 776 g/mol. The summed E-state index contributed by atoms with van der Waals surface area (Å²) in [5, 5.41) is 2.99. The van der Waals surface area contributed by atoms with Gasteiger partial charge in [0.15, 0.2) is 6.10 Å². The summed E-state index contributed by atoms with van der Waals surface area (Å²) in [6, 6.07) is 17.4. The summed E-state index contributed by atoms with van der Waals surface area (Å²) in [6.07, 6.45) is -10.3. The Hall–Kier alpha value is -5.71. The number of nitrogens with one attached hydrogen (secondary N) is 1. The van der Waals surface area contributed by atoms with Gasteiger partial charge in [-0.05, 0) is 60.2 Å². The first-order chi connectivity index (χ1) is 26.1. The molecule has 6 rings (SSSR count). The lowest BCUT2D eigenvalue weighted by atomic mass is 10.0. The van der Waals surface area contributed by atoms with Gasteiger partial charge in [0, 0.05) is 57.3 Å². The van der Waals surface area contributed by atoms with E-state index in [1.807, 2.05) is 12.1 Å². The largest absolute Gasteiger partial charge is 0.485 e. The molecule has 5 aromatic rings. The van der Waals surface area contributed by atoms with Crippen molar-refractivity contribution in [1.82, 2.24) is 19.4 Å². The minimum Gasteiger partial charge on any atom is -0.485 e. The lowest BCUT2D eigenvalue weighted by Crippen LogP contribution is -2.48. The van der Waals surface area contributed by atoms with E-state index in [-0.39, 0.29) is 23.5 Å². The summed E-state index contributed by atoms with van der Waals surface area (Å²) in [5.74, 6) is -0.610. The highest BCUT2D eigenvalue weighted by atomic mass is 19.4. The molecule has 9 nitrogen and oxygen atoms in total. The topological polar surface area (TPSA) is 88.9 Å². The van der Waals surface area contributed by atoms with Gasteiger partial charge in [-0.1, -0.05) is 12.1 Å². The molecule has 3 heterocycles. The summed E-state index contributed by atoms with van der Waals surface area (Å²) < 4.78 is 118. The van der Waals surface area contributed by atoms with Crippen molar-refractivity contribution >= 4 is 28.4 Å². The maximum absolute atomic E-state index is 13.6. The summed E-state index contributed by atoms with van der Waals surface area (Å²) in [5.41, 5.74) is -2.14. The molecule has 1 fully saturated rings. The van der Waals surface area contributed by atoms with Crippen LogP contribution in [0.4, 0.5) is 40.8 Å². The van der Waals surface area contributed by atoms with Crippen molar-refractivity contribution in [1.29, 1.82) is 0 Å². The van der Waals surface area contributed by atoms with E-state index in [1.54, 1.807) is 52.9 Å².